The van der Waals surface area contributed by atoms with Gasteiger partial charge in [0.15, 0.2) is 0 Å². The molecule has 0 nitrogen and oxygen atoms in total. The maximum absolute atomic E-state index is 2.29. The van der Waals surface area contributed by atoms with E-state index >= 15 is 0 Å². The van der Waals surface area contributed by atoms with Gasteiger partial charge in [0.05, 0.1) is 0 Å². The molecule has 0 aromatic carbocycles. The molecule has 0 unspecified atom stereocenters. The molecule has 16 heavy (non-hydrogen) atoms. The first-order valence-corrected chi connectivity index (χ1v) is 8.66. The maximum atomic E-state index is 2.29. The second-order valence-corrected chi connectivity index (χ2v) is 5.77. The van der Waals surface area contributed by atoms with Crippen molar-refractivity contribution in [3.8, 4) is 0 Å². The van der Waals surface area contributed by atoms with Crippen LogP contribution in [-0.4, -0.2) is 0 Å². The molecule has 0 heterocycles. The van der Waals surface area contributed by atoms with Crippen molar-refractivity contribution in [3.63, 3.8) is 0 Å². The Morgan fingerprint density at radius 3 is 1.12 bits per heavy atom. The van der Waals surface area contributed by atoms with Gasteiger partial charge < -0.3 is 0 Å². The van der Waals surface area contributed by atoms with Crippen molar-refractivity contribution in [3.05, 3.63) is 0 Å². The first kappa shape index (κ1) is 16.7. The van der Waals surface area contributed by atoms with E-state index in [1.54, 1.807) is 0 Å². The van der Waals surface area contributed by atoms with Gasteiger partial charge in [-0.15, -0.1) is 0 Å². The predicted molar refractivity (Wildman–Crippen MR) is 70.5 cm³/mol. The summed E-state index contributed by atoms with van der Waals surface area (Å²) < 4.78 is 1.37. The van der Waals surface area contributed by atoms with Crippen LogP contribution >= 0.6 is 0 Å². The Hall–Kier alpha value is 0.714. The average molecular weight is 259 g/mol. The Balaban J connectivity index is 2.83. The number of hydrogen-bond donors (Lipinski definition) is 0. The normalized spacial score (nSPS) is 10.8. The van der Waals surface area contributed by atoms with Crippen molar-refractivity contribution in [1.82, 2.24) is 0 Å². The Labute approximate surface area is 115 Å². The van der Waals surface area contributed by atoms with Crippen LogP contribution in [0.5, 0.6) is 0 Å². The molecule has 0 bridgehead atoms. The minimum absolute atomic E-state index is 1.37. The van der Waals surface area contributed by atoms with E-state index in [0.29, 0.717) is 0 Å². The van der Waals surface area contributed by atoms with E-state index < -0.39 is 0 Å². The second kappa shape index (κ2) is 15.7. The summed E-state index contributed by atoms with van der Waals surface area (Å²) >= 11 is 2.29. The van der Waals surface area contributed by atoms with Gasteiger partial charge in [-0.3, -0.25) is 0 Å². The molecular weight excluding hydrogens is 228 g/mol. The van der Waals surface area contributed by atoms with Crippen LogP contribution in [0.15, 0.2) is 0 Å². The summed E-state index contributed by atoms with van der Waals surface area (Å²) in [4.78, 5) is 0. The van der Waals surface area contributed by atoms with Crippen molar-refractivity contribution in [2.24, 2.45) is 0 Å². The quantitative estimate of drug-likeness (QED) is 0.279. The molecule has 0 saturated heterocycles. The first-order chi connectivity index (χ1) is 7.91. The van der Waals surface area contributed by atoms with Gasteiger partial charge in [0.1, 0.15) is 0 Å². The van der Waals surface area contributed by atoms with Gasteiger partial charge in [0.25, 0.3) is 0 Å². The van der Waals surface area contributed by atoms with Crippen molar-refractivity contribution >= 4 is 0 Å². The topological polar surface area (TPSA) is 0 Å². The van der Waals surface area contributed by atoms with Crippen molar-refractivity contribution in [1.29, 1.82) is 0 Å². The molecule has 0 spiro atoms. The average Bonchev–Trinajstić information content (AvgIpc) is 2.31. The van der Waals surface area contributed by atoms with Crippen molar-refractivity contribution < 1.29 is 20.4 Å². The zero-order chi connectivity index (χ0) is 11.9. The summed E-state index contributed by atoms with van der Waals surface area (Å²) in [5, 5.41) is 0. The fourth-order valence-corrected chi connectivity index (χ4v) is 2.53. The minimum atomic E-state index is 1.37. The van der Waals surface area contributed by atoms with Crippen LogP contribution in [0.4, 0.5) is 0 Å². The second-order valence-electron chi connectivity index (χ2n) is 4.99. The molecule has 95 valence electrons. The van der Waals surface area contributed by atoms with E-state index in [2.05, 4.69) is 27.4 Å². The third kappa shape index (κ3) is 14.7. The zero-order valence-electron chi connectivity index (χ0n) is 11.4. The summed E-state index contributed by atoms with van der Waals surface area (Å²) in [6.45, 7) is 2.29. The third-order valence-electron chi connectivity index (χ3n) is 3.28. The van der Waals surface area contributed by atoms with E-state index in [1.165, 1.54) is 88.2 Å². The SMILES string of the molecule is CCCCCCCCCCCCCC[CH2][Ti]. The van der Waals surface area contributed by atoms with E-state index in [9.17, 15) is 0 Å². The Morgan fingerprint density at radius 1 is 0.500 bits per heavy atom. The van der Waals surface area contributed by atoms with Crippen LogP contribution < -0.4 is 0 Å². The summed E-state index contributed by atoms with van der Waals surface area (Å²) in [5.74, 6) is 0. The summed E-state index contributed by atoms with van der Waals surface area (Å²) in [6, 6.07) is 0. The van der Waals surface area contributed by atoms with Crippen molar-refractivity contribution in [2.75, 3.05) is 0 Å². The Kier molecular flexibility index (Phi) is 16.4. The van der Waals surface area contributed by atoms with Crippen LogP contribution in [0.25, 0.3) is 0 Å². The Morgan fingerprint density at radius 2 is 0.812 bits per heavy atom. The van der Waals surface area contributed by atoms with E-state index in [4.69, 9.17) is 0 Å². The molecular formula is C15H31Ti. The monoisotopic (exact) mass is 259 g/mol. The molecule has 1 heteroatoms. The van der Waals surface area contributed by atoms with Gasteiger partial charge in [-0.05, 0) is 0 Å². The van der Waals surface area contributed by atoms with Crippen LogP contribution in [0.2, 0.25) is 4.73 Å². The van der Waals surface area contributed by atoms with E-state index in [1.807, 2.05) is 0 Å². The summed E-state index contributed by atoms with van der Waals surface area (Å²) in [5.41, 5.74) is 0. The number of rotatable bonds is 13. The molecule has 0 aromatic heterocycles. The standard InChI is InChI=1S/C15H31.Ti/c1-3-5-7-9-11-13-15-14-12-10-8-6-4-2;/h1,3-15H2,2H3;. The van der Waals surface area contributed by atoms with Gasteiger partial charge in [-0.25, -0.2) is 0 Å². The van der Waals surface area contributed by atoms with Gasteiger partial charge in [0, 0.05) is 0 Å². The third-order valence-corrected chi connectivity index (χ3v) is 3.83. The first-order valence-electron chi connectivity index (χ1n) is 7.56. The van der Waals surface area contributed by atoms with Gasteiger partial charge in [0.2, 0.25) is 0 Å². The Bertz CT molecular complexity index is 98.0. The molecule has 0 atom stereocenters. The van der Waals surface area contributed by atoms with Gasteiger partial charge in [-0.2, -0.15) is 0 Å². The van der Waals surface area contributed by atoms with Gasteiger partial charge >= 0.3 is 95.8 Å². The van der Waals surface area contributed by atoms with Crippen LogP contribution in [-0.2, 0) is 20.4 Å². The fraction of sp³-hybridized carbons (Fsp3) is 1.00. The van der Waals surface area contributed by atoms with Crippen LogP contribution in [0.1, 0.15) is 90.4 Å². The molecule has 0 amide bonds. The molecule has 0 aliphatic carbocycles. The van der Waals surface area contributed by atoms with Crippen LogP contribution in [0.3, 0.4) is 0 Å². The van der Waals surface area contributed by atoms with Crippen LogP contribution in [0, 0.1) is 0 Å². The molecule has 0 N–H and O–H groups in total. The van der Waals surface area contributed by atoms with E-state index in [-0.39, 0.29) is 0 Å². The molecule has 0 aliphatic rings. The number of unbranched alkanes of at least 4 members (excludes halogenated alkanes) is 12. The molecule has 0 fully saturated rings. The van der Waals surface area contributed by atoms with Gasteiger partial charge in [-0.1, -0.05) is 19.8 Å². The van der Waals surface area contributed by atoms with E-state index in [0.717, 1.165) is 0 Å². The molecule has 0 radical (unpaired) electrons. The number of hydrogen-bond acceptors (Lipinski definition) is 0. The van der Waals surface area contributed by atoms with Crippen molar-refractivity contribution in [2.45, 2.75) is 95.1 Å². The molecule has 0 rings (SSSR count). The molecule has 0 aliphatic heterocycles. The fourth-order valence-electron chi connectivity index (χ4n) is 2.14. The summed E-state index contributed by atoms with van der Waals surface area (Å²) in [6.07, 6.45) is 19.0. The predicted octanol–water partition coefficient (Wildman–Crippen LogP) is 6.04. The molecule has 0 aromatic rings. The summed E-state index contributed by atoms with van der Waals surface area (Å²) in [7, 11) is 0. The molecule has 0 saturated carbocycles. The zero-order valence-corrected chi connectivity index (χ0v) is 13.0.